The van der Waals surface area contributed by atoms with Gasteiger partial charge in [-0.1, -0.05) is 27.4 Å². The van der Waals surface area contributed by atoms with Crippen molar-refractivity contribution in [2.45, 2.75) is 66.2 Å². The second-order valence-electron chi connectivity index (χ2n) is 8.14. The second kappa shape index (κ2) is 4.51. The summed E-state index contributed by atoms with van der Waals surface area (Å²) in [7, 11) is 0. The van der Waals surface area contributed by atoms with E-state index in [-0.39, 0.29) is 11.2 Å². The lowest BCUT2D eigenvalue weighted by Crippen LogP contribution is -2.40. The normalized spacial score (nSPS) is 38.2. The van der Waals surface area contributed by atoms with Crippen LogP contribution in [0.5, 0.6) is 0 Å². The fraction of sp³-hybridized carbons (Fsp3) is 0.824. The summed E-state index contributed by atoms with van der Waals surface area (Å²) in [6, 6.07) is 0. The zero-order valence-corrected chi connectivity index (χ0v) is 12.5. The lowest BCUT2D eigenvalue weighted by atomic mass is 9.55. The molecule has 18 heavy (non-hydrogen) atoms. The topological polar surface area (TPSA) is 17.1 Å². The number of fused-ring (bicyclic) bond motifs is 2. The average molecular weight is 248 g/mol. The highest BCUT2D eigenvalue weighted by atomic mass is 16.1. The van der Waals surface area contributed by atoms with Gasteiger partial charge in [0, 0.05) is 6.42 Å². The van der Waals surface area contributed by atoms with E-state index < -0.39 is 0 Å². The highest BCUT2D eigenvalue weighted by Gasteiger charge is 2.44. The third-order valence-corrected chi connectivity index (χ3v) is 4.98. The van der Waals surface area contributed by atoms with Crippen LogP contribution >= 0.6 is 0 Å². The van der Waals surface area contributed by atoms with Crippen molar-refractivity contribution >= 4 is 5.78 Å². The smallest absolute Gasteiger partial charge is 0.158 e. The fourth-order valence-corrected chi connectivity index (χ4v) is 4.76. The summed E-state index contributed by atoms with van der Waals surface area (Å²) in [5.74, 6) is 1.96. The molecule has 2 saturated carbocycles. The van der Waals surface area contributed by atoms with Crippen molar-refractivity contribution in [1.29, 1.82) is 0 Å². The van der Waals surface area contributed by atoms with E-state index in [9.17, 15) is 4.79 Å². The van der Waals surface area contributed by atoms with E-state index in [1.54, 1.807) is 0 Å². The van der Waals surface area contributed by atoms with E-state index in [4.69, 9.17) is 0 Å². The van der Waals surface area contributed by atoms with Crippen molar-refractivity contribution in [3.05, 3.63) is 12.2 Å². The maximum Gasteiger partial charge on any atom is 0.158 e. The van der Waals surface area contributed by atoms with Gasteiger partial charge in [-0.3, -0.25) is 4.79 Å². The highest BCUT2D eigenvalue weighted by molar-refractivity contribution is 5.94. The number of carbonyl (C=O) groups excluding carboxylic acids is 1. The third kappa shape index (κ3) is 3.05. The first-order chi connectivity index (χ1) is 8.19. The van der Waals surface area contributed by atoms with E-state index >= 15 is 0 Å². The summed E-state index contributed by atoms with van der Waals surface area (Å²) >= 11 is 0. The van der Waals surface area contributed by atoms with E-state index in [2.05, 4.69) is 27.4 Å². The van der Waals surface area contributed by atoms with Gasteiger partial charge in [0.2, 0.25) is 0 Å². The zero-order chi connectivity index (χ0) is 13.6. The van der Waals surface area contributed by atoms with Gasteiger partial charge in [-0.2, -0.15) is 0 Å². The molecule has 2 atom stereocenters. The van der Waals surface area contributed by atoms with Gasteiger partial charge >= 0.3 is 0 Å². The summed E-state index contributed by atoms with van der Waals surface area (Å²) < 4.78 is 0. The SMILES string of the molecule is C=C(C)C(=O)CC1(C)CC2CC(CC(C)(C)C2)C1. The molecule has 0 aromatic rings. The molecular formula is C17H28O. The van der Waals surface area contributed by atoms with Crippen molar-refractivity contribution in [2.75, 3.05) is 0 Å². The Morgan fingerprint density at radius 1 is 1.11 bits per heavy atom. The summed E-state index contributed by atoms with van der Waals surface area (Å²) in [5.41, 5.74) is 1.49. The van der Waals surface area contributed by atoms with Crippen molar-refractivity contribution in [3.63, 3.8) is 0 Å². The Hall–Kier alpha value is -0.590. The molecular weight excluding hydrogens is 220 g/mol. The van der Waals surface area contributed by atoms with Crippen LogP contribution in [0.3, 0.4) is 0 Å². The molecule has 0 aliphatic heterocycles. The highest BCUT2D eigenvalue weighted by Crippen LogP contribution is 2.55. The quantitative estimate of drug-likeness (QED) is 0.658. The molecule has 0 radical (unpaired) electrons. The molecule has 2 aliphatic carbocycles. The van der Waals surface area contributed by atoms with Gasteiger partial charge in [0.05, 0.1) is 0 Å². The lowest BCUT2D eigenvalue weighted by Gasteiger charge is -2.50. The van der Waals surface area contributed by atoms with Crippen molar-refractivity contribution in [2.24, 2.45) is 22.7 Å². The standard InChI is InChI=1S/C17H28O/c1-12(2)15(18)11-17(5)9-13-6-14(10-17)8-16(3,4)7-13/h13-14H,1,6-11H2,2-5H3. The Kier molecular flexibility index (Phi) is 3.46. The Morgan fingerprint density at radius 3 is 2.06 bits per heavy atom. The van der Waals surface area contributed by atoms with Gasteiger partial charge in [0.25, 0.3) is 0 Å². The van der Waals surface area contributed by atoms with E-state index in [1.807, 2.05) is 6.92 Å². The number of allylic oxidation sites excluding steroid dienone is 1. The summed E-state index contributed by atoms with van der Waals surface area (Å²) in [5, 5.41) is 0. The molecule has 0 aromatic carbocycles. The largest absolute Gasteiger partial charge is 0.295 e. The molecule has 2 fully saturated rings. The van der Waals surface area contributed by atoms with Gasteiger partial charge < -0.3 is 0 Å². The van der Waals surface area contributed by atoms with Crippen LogP contribution in [0, 0.1) is 22.7 Å². The first kappa shape index (κ1) is 13.8. The van der Waals surface area contributed by atoms with Crippen molar-refractivity contribution in [1.82, 2.24) is 0 Å². The molecule has 0 saturated heterocycles. The molecule has 2 aliphatic rings. The molecule has 2 unspecified atom stereocenters. The number of ketones is 1. The first-order valence-electron chi connectivity index (χ1n) is 7.38. The number of carbonyl (C=O) groups is 1. The van der Waals surface area contributed by atoms with Crippen LogP contribution in [-0.2, 0) is 4.79 Å². The van der Waals surface area contributed by atoms with Crippen LogP contribution in [0.1, 0.15) is 66.2 Å². The van der Waals surface area contributed by atoms with E-state index in [0.29, 0.717) is 5.41 Å². The molecule has 0 aromatic heterocycles. The minimum absolute atomic E-state index is 0.236. The Labute approximate surface area is 112 Å². The Morgan fingerprint density at radius 2 is 1.61 bits per heavy atom. The van der Waals surface area contributed by atoms with Gasteiger partial charge in [0.1, 0.15) is 0 Å². The molecule has 2 bridgehead atoms. The van der Waals surface area contributed by atoms with Crippen LogP contribution in [0.2, 0.25) is 0 Å². The summed E-state index contributed by atoms with van der Waals surface area (Å²) in [4.78, 5) is 12.0. The van der Waals surface area contributed by atoms with Crippen LogP contribution in [0.25, 0.3) is 0 Å². The number of hydrogen-bond acceptors (Lipinski definition) is 1. The molecule has 1 nitrogen and oxygen atoms in total. The van der Waals surface area contributed by atoms with Crippen LogP contribution in [0.15, 0.2) is 12.2 Å². The Bertz CT molecular complexity index is 348. The molecule has 0 N–H and O–H groups in total. The van der Waals surface area contributed by atoms with Gasteiger partial charge in [-0.15, -0.1) is 0 Å². The summed E-state index contributed by atoms with van der Waals surface area (Å²) in [6.45, 7) is 12.8. The van der Waals surface area contributed by atoms with Crippen LogP contribution < -0.4 is 0 Å². The van der Waals surface area contributed by atoms with Gasteiger partial charge in [0.15, 0.2) is 5.78 Å². The molecule has 1 heteroatoms. The minimum atomic E-state index is 0.236. The van der Waals surface area contributed by atoms with Crippen molar-refractivity contribution in [3.8, 4) is 0 Å². The van der Waals surface area contributed by atoms with E-state index in [1.165, 1.54) is 32.1 Å². The number of hydrogen-bond donors (Lipinski definition) is 0. The van der Waals surface area contributed by atoms with Crippen molar-refractivity contribution < 1.29 is 4.79 Å². The number of Topliss-reactive ketones (excluding diaryl/α,β-unsaturated/α-hetero) is 1. The monoisotopic (exact) mass is 248 g/mol. The molecule has 2 rings (SSSR count). The minimum Gasteiger partial charge on any atom is -0.295 e. The molecule has 0 heterocycles. The predicted molar refractivity (Wildman–Crippen MR) is 76.4 cm³/mol. The number of rotatable bonds is 3. The maximum atomic E-state index is 12.0. The second-order valence-corrected chi connectivity index (χ2v) is 8.14. The zero-order valence-electron chi connectivity index (χ0n) is 12.5. The lowest BCUT2D eigenvalue weighted by molar-refractivity contribution is -0.119. The first-order valence-corrected chi connectivity index (χ1v) is 7.38. The molecule has 102 valence electrons. The molecule has 0 spiro atoms. The average Bonchev–Trinajstić information content (AvgIpc) is 2.11. The Balaban J connectivity index is 2.06. The van der Waals surface area contributed by atoms with Gasteiger partial charge in [-0.05, 0) is 67.3 Å². The predicted octanol–water partition coefficient (Wildman–Crippen LogP) is 4.76. The van der Waals surface area contributed by atoms with Crippen LogP contribution in [0.4, 0.5) is 0 Å². The third-order valence-electron chi connectivity index (χ3n) is 4.98. The maximum absolute atomic E-state index is 12.0. The molecule has 0 amide bonds. The summed E-state index contributed by atoms with van der Waals surface area (Å²) in [6.07, 6.45) is 7.30. The van der Waals surface area contributed by atoms with Crippen LogP contribution in [-0.4, -0.2) is 5.78 Å². The fourth-order valence-electron chi connectivity index (χ4n) is 4.76. The van der Waals surface area contributed by atoms with Gasteiger partial charge in [-0.25, -0.2) is 0 Å². The van der Waals surface area contributed by atoms with E-state index in [0.717, 1.165) is 23.8 Å².